The standard InChI is InChI=1S/C33H39N3O4S/c1-24-11-13-27(14-12-24)30-23-29(30)9-6-10-31(33(38)35-19-21-36(22-20-35)41(2,39)40)34-32(37)28-17-15-26(16-18-28)25-7-4-3-5-8-25/h3-5,7-8,11-18,29-31H,6,9-10,19-23H2,1-2H3,(H,34,37)/t29-,30+,31+/m1/s1. The first kappa shape index (κ1) is 29.0. The van der Waals surface area contributed by atoms with Crippen molar-refractivity contribution < 1.29 is 18.0 Å². The average Bonchev–Trinajstić information content (AvgIpc) is 3.76. The molecule has 1 heterocycles. The molecule has 3 aromatic rings. The molecule has 0 unspecified atom stereocenters. The lowest BCUT2D eigenvalue weighted by Gasteiger charge is -2.35. The zero-order chi connectivity index (χ0) is 29.0. The van der Waals surface area contributed by atoms with E-state index in [1.165, 1.54) is 21.7 Å². The van der Waals surface area contributed by atoms with Gasteiger partial charge in [0.2, 0.25) is 15.9 Å². The van der Waals surface area contributed by atoms with Crippen molar-refractivity contribution in [1.29, 1.82) is 0 Å². The molecule has 0 bridgehead atoms. The average molecular weight is 574 g/mol. The fourth-order valence-electron chi connectivity index (χ4n) is 5.78. The zero-order valence-electron chi connectivity index (χ0n) is 23.8. The molecule has 1 saturated heterocycles. The minimum Gasteiger partial charge on any atom is -0.340 e. The molecule has 216 valence electrons. The fourth-order valence-corrected chi connectivity index (χ4v) is 6.60. The summed E-state index contributed by atoms with van der Waals surface area (Å²) in [6.07, 6.45) is 4.75. The molecule has 8 heteroatoms. The highest BCUT2D eigenvalue weighted by Gasteiger charge is 2.38. The lowest BCUT2D eigenvalue weighted by atomic mass is 10.0. The van der Waals surface area contributed by atoms with Gasteiger partial charge >= 0.3 is 0 Å². The third kappa shape index (κ3) is 7.43. The maximum absolute atomic E-state index is 13.6. The van der Waals surface area contributed by atoms with E-state index in [1.807, 2.05) is 42.5 Å². The summed E-state index contributed by atoms with van der Waals surface area (Å²) in [7, 11) is -3.30. The predicted molar refractivity (Wildman–Crippen MR) is 162 cm³/mol. The number of hydrogen-bond acceptors (Lipinski definition) is 4. The Morgan fingerprint density at radius 2 is 1.51 bits per heavy atom. The van der Waals surface area contributed by atoms with Crippen molar-refractivity contribution in [3.63, 3.8) is 0 Å². The Hall–Kier alpha value is -3.49. The molecule has 2 fully saturated rings. The number of sulfonamides is 1. The predicted octanol–water partition coefficient (Wildman–Crippen LogP) is 4.84. The second-order valence-electron chi connectivity index (χ2n) is 11.4. The summed E-state index contributed by atoms with van der Waals surface area (Å²) in [5.74, 6) is 0.763. The van der Waals surface area contributed by atoms with Crippen LogP contribution in [0.1, 0.15) is 53.1 Å². The van der Waals surface area contributed by atoms with Gasteiger partial charge in [-0.05, 0) is 66.8 Å². The lowest BCUT2D eigenvalue weighted by Crippen LogP contribution is -2.55. The molecule has 1 aliphatic heterocycles. The van der Waals surface area contributed by atoms with Crippen LogP contribution < -0.4 is 5.32 Å². The summed E-state index contributed by atoms with van der Waals surface area (Å²) in [5.41, 5.74) is 5.24. The van der Waals surface area contributed by atoms with Crippen LogP contribution in [-0.4, -0.2) is 67.9 Å². The van der Waals surface area contributed by atoms with E-state index in [2.05, 4.69) is 36.5 Å². The molecule has 0 spiro atoms. The highest BCUT2D eigenvalue weighted by atomic mass is 32.2. The van der Waals surface area contributed by atoms with Crippen LogP contribution >= 0.6 is 0 Å². The number of aryl methyl sites for hydroxylation is 1. The molecule has 1 saturated carbocycles. The summed E-state index contributed by atoms with van der Waals surface area (Å²) in [6, 6.07) is 25.5. The van der Waals surface area contributed by atoms with Crippen LogP contribution in [-0.2, 0) is 14.8 Å². The molecule has 2 amide bonds. The topological polar surface area (TPSA) is 86.8 Å². The van der Waals surface area contributed by atoms with Gasteiger partial charge in [-0.1, -0.05) is 78.7 Å². The van der Waals surface area contributed by atoms with Crippen LogP contribution in [0.4, 0.5) is 0 Å². The minimum absolute atomic E-state index is 0.140. The molecular formula is C33H39N3O4S. The molecule has 3 aromatic carbocycles. The number of hydrogen-bond donors (Lipinski definition) is 1. The number of benzene rings is 3. The Bertz CT molecular complexity index is 1450. The summed E-state index contributed by atoms with van der Waals surface area (Å²) in [5, 5.41) is 3.01. The van der Waals surface area contributed by atoms with Gasteiger partial charge in [0.05, 0.1) is 6.26 Å². The smallest absolute Gasteiger partial charge is 0.251 e. The van der Waals surface area contributed by atoms with Crippen molar-refractivity contribution in [2.24, 2.45) is 5.92 Å². The van der Waals surface area contributed by atoms with Gasteiger partial charge in [-0.3, -0.25) is 9.59 Å². The van der Waals surface area contributed by atoms with Crippen LogP contribution in [0.15, 0.2) is 78.9 Å². The molecule has 2 aliphatic rings. The number of nitrogens with one attached hydrogen (secondary N) is 1. The summed E-state index contributed by atoms with van der Waals surface area (Å²) < 4.78 is 25.3. The van der Waals surface area contributed by atoms with Crippen LogP contribution in [0.2, 0.25) is 0 Å². The third-order valence-corrected chi connectivity index (χ3v) is 9.68. The van der Waals surface area contributed by atoms with Gasteiger partial charge in [-0.25, -0.2) is 8.42 Å². The molecule has 0 radical (unpaired) electrons. The molecule has 7 nitrogen and oxygen atoms in total. The van der Waals surface area contributed by atoms with Crippen LogP contribution in [0.3, 0.4) is 0 Å². The maximum atomic E-state index is 13.6. The number of amides is 2. The van der Waals surface area contributed by atoms with E-state index in [0.29, 0.717) is 36.9 Å². The number of piperazine rings is 1. The van der Waals surface area contributed by atoms with E-state index in [1.54, 1.807) is 17.0 Å². The van der Waals surface area contributed by atoms with Gasteiger partial charge in [0.25, 0.3) is 5.91 Å². The highest BCUT2D eigenvalue weighted by Crippen LogP contribution is 2.50. The van der Waals surface area contributed by atoms with Crippen molar-refractivity contribution in [3.8, 4) is 11.1 Å². The molecule has 0 aromatic heterocycles. The minimum atomic E-state index is -3.30. The molecular weight excluding hydrogens is 534 g/mol. The van der Waals surface area contributed by atoms with Crippen LogP contribution in [0.25, 0.3) is 11.1 Å². The Labute approximate surface area is 243 Å². The normalized spacial score (nSPS) is 19.9. The lowest BCUT2D eigenvalue weighted by molar-refractivity contribution is -0.134. The van der Waals surface area contributed by atoms with E-state index < -0.39 is 16.1 Å². The van der Waals surface area contributed by atoms with Gasteiger partial charge in [0, 0.05) is 31.7 Å². The number of carbonyl (C=O) groups excluding carboxylic acids is 2. The zero-order valence-corrected chi connectivity index (χ0v) is 24.6. The van der Waals surface area contributed by atoms with Gasteiger partial charge in [-0.15, -0.1) is 0 Å². The Kier molecular flexibility index (Phi) is 8.90. The molecule has 41 heavy (non-hydrogen) atoms. The molecule has 3 atom stereocenters. The van der Waals surface area contributed by atoms with Crippen LogP contribution in [0, 0.1) is 12.8 Å². The first-order valence-corrected chi connectivity index (χ1v) is 16.3. The Balaban J connectivity index is 1.22. The van der Waals surface area contributed by atoms with Gasteiger partial charge < -0.3 is 10.2 Å². The fraction of sp³-hybridized carbons (Fsp3) is 0.394. The first-order chi connectivity index (χ1) is 19.7. The molecule has 1 N–H and O–H groups in total. The van der Waals surface area contributed by atoms with Crippen molar-refractivity contribution >= 4 is 21.8 Å². The van der Waals surface area contributed by atoms with Crippen molar-refractivity contribution in [2.75, 3.05) is 32.4 Å². The summed E-state index contributed by atoms with van der Waals surface area (Å²) >= 11 is 0. The van der Waals surface area contributed by atoms with Crippen LogP contribution in [0.5, 0.6) is 0 Å². The third-order valence-electron chi connectivity index (χ3n) is 8.37. The first-order valence-electron chi connectivity index (χ1n) is 14.5. The second-order valence-corrected chi connectivity index (χ2v) is 13.4. The highest BCUT2D eigenvalue weighted by molar-refractivity contribution is 7.88. The quantitative estimate of drug-likeness (QED) is 0.376. The Morgan fingerprint density at radius 3 is 2.15 bits per heavy atom. The van der Waals surface area contributed by atoms with Crippen molar-refractivity contribution in [1.82, 2.24) is 14.5 Å². The number of rotatable bonds is 10. The largest absolute Gasteiger partial charge is 0.340 e. The van der Waals surface area contributed by atoms with Crippen molar-refractivity contribution in [2.45, 2.75) is 44.6 Å². The maximum Gasteiger partial charge on any atom is 0.251 e. The molecule has 5 rings (SSSR count). The van der Waals surface area contributed by atoms with Gasteiger partial charge in [0.1, 0.15) is 6.04 Å². The monoisotopic (exact) mass is 573 g/mol. The summed E-state index contributed by atoms with van der Waals surface area (Å²) in [6.45, 7) is 3.28. The number of carbonyl (C=O) groups is 2. The number of nitrogens with zero attached hydrogens (tertiary/aromatic N) is 2. The van der Waals surface area contributed by atoms with E-state index in [9.17, 15) is 18.0 Å². The van der Waals surface area contributed by atoms with E-state index in [4.69, 9.17) is 0 Å². The second kappa shape index (κ2) is 12.6. The summed E-state index contributed by atoms with van der Waals surface area (Å²) in [4.78, 5) is 28.6. The van der Waals surface area contributed by atoms with E-state index >= 15 is 0 Å². The van der Waals surface area contributed by atoms with E-state index in [-0.39, 0.29) is 24.9 Å². The van der Waals surface area contributed by atoms with Crippen molar-refractivity contribution in [3.05, 3.63) is 95.6 Å². The Morgan fingerprint density at radius 1 is 0.878 bits per heavy atom. The molecule has 1 aliphatic carbocycles. The van der Waals surface area contributed by atoms with E-state index in [0.717, 1.165) is 30.4 Å². The van der Waals surface area contributed by atoms with Gasteiger partial charge in [-0.2, -0.15) is 4.31 Å². The SMILES string of the molecule is Cc1ccc([C@@H]2C[C@H]2CCC[C@H](NC(=O)c2ccc(-c3ccccc3)cc2)C(=O)N2CCN(S(C)(=O)=O)CC2)cc1. The van der Waals surface area contributed by atoms with Gasteiger partial charge in [0.15, 0.2) is 0 Å².